The molecule has 0 radical (unpaired) electrons. The minimum absolute atomic E-state index is 0.0365. The monoisotopic (exact) mass is 365 g/mol. The van der Waals surface area contributed by atoms with Crippen LogP contribution >= 0.6 is 11.6 Å². The lowest BCUT2D eigenvalue weighted by atomic mass is 9.89. The molecule has 1 aromatic rings. The summed E-state index contributed by atoms with van der Waals surface area (Å²) < 4.78 is 10.2. The van der Waals surface area contributed by atoms with Crippen LogP contribution in [0.1, 0.15) is 36.8 Å². The topological polar surface area (TPSA) is 89.9 Å². The molecule has 2 heterocycles. The number of hydrogen-bond donors (Lipinski definition) is 1. The number of rotatable bonds is 6. The third kappa shape index (κ3) is 3.82. The van der Waals surface area contributed by atoms with Gasteiger partial charge in [0.2, 0.25) is 5.88 Å². The number of aliphatic imine (C=N–C) groups is 1. The van der Waals surface area contributed by atoms with Gasteiger partial charge in [-0.15, -0.1) is 0 Å². The van der Waals surface area contributed by atoms with Gasteiger partial charge in [-0.3, -0.25) is 4.79 Å². The average Bonchev–Trinajstić information content (AvgIpc) is 2.88. The van der Waals surface area contributed by atoms with Crippen LogP contribution in [0.15, 0.2) is 28.7 Å². The van der Waals surface area contributed by atoms with Crippen LogP contribution in [0.25, 0.3) is 0 Å². The molecule has 1 amide bonds. The third-order valence-corrected chi connectivity index (χ3v) is 4.15. The standard InChI is InChI=1S/C17H20ClN3O4/c1-9(2)17(4)16(23)20-14(21-17)13-11(15(22)24-5)6-7-12(19-13)25-8-10(3)18/h6-7,9H,3,8H2,1-2,4-5H3,(H,20,21,23). The van der Waals surface area contributed by atoms with E-state index in [9.17, 15) is 9.59 Å². The van der Waals surface area contributed by atoms with Gasteiger partial charge in [-0.05, 0) is 18.9 Å². The quantitative estimate of drug-likeness (QED) is 0.781. The van der Waals surface area contributed by atoms with E-state index in [0.29, 0.717) is 5.03 Å². The molecule has 2 rings (SSSR count). The Kier molecular flexibility index (Phi) is 5.47. The Morgan fingerprint density at radius 3 is 2.64 bits per heavy atom. The maximum Gasteiger partial charge on any atom is 0.340 e. The van der Waals surface area contributed by atoms with Gasteiger partial charge < -0.3 is 14.8 Å². The number of esters is 1. The Labute approximate surface area is 151 Å². The molecule has 0 saturated carbocycles. The van der Waals surface area contributed by atoms with E-state index in [1.54, 1.807) is 6.92 Å². The Morgan fingerprint density at radius 2 is 2.12 bits per heavy atom. The highest BCUT2D eigenvalue weighted by atomic mass is 35.5. The fourth-order valence-electron chi connectivity index (χ4n) is 2.18. The Bertz CT molecular complexity index is 760. The summed E-state index contributed by atoms with van der Waals surface area (Å²) in [5.41, 5.74) is -0.583. The predicted molar refractivity (Wildman–Crippen MR) is 94.0 cm³/mol. The van der Waals surface area contributed by atoms with Crippen molar-refractivity contribution in [1.29, 1.82) is 0 Å². The third-order valence-electron chi connectivity index (χ3n) is 4.04. The maximum atomic E-state index is 12.3. The first kappa shape index (κ1) is 18.9. The largest absolute Gasteiger partial charge is 0.472 e. The minimum Gasteiger partial charge on any atom is -0.472 e. The molecule has 0 aliphatic carbocycles. The van der Waals surface area contributed by atoms with Gasteiger partial charge in [0.15, 0.2) is 5.84 Å². The van der Waals surface area contributed by atoms with Crippen LogP contribution in [0.4, 0.5) is 0 Å². The molecule has 1 aliphatic heterocycles. The van der Waals surface area contributed by atoms with Crippen LogP contribution in [-0.4, -0.2) is 42.0 Å². The van der Waals surface area contributed by atoms with Gasteiger partial charge in [0, 0.05) is 11.1 Å². The summed E-state index contributed by atoms with van der Waals surface area (Å²) in [5, 5.41) is 3.00. The second-order valence-corrected chi connectivity index (χ2v) is 6.59. The zero-order valence-corrected chi connectivity index (χ0v) is 15.3. The van der Waals surface area contributed by atoms with Crippen LogP contribution in [-0.2, 0) is 9.53 Å². The van der Waals surface area contributed by atoms with E-state index in [0.717, 1.165) is 0 Å². The van der Waals surface area contributed by atoms with Crippen LogP contribution in [0.2, 0.25) is 0 Å². The van der Waals surface area contributed by atoms with Crippen molar-refractivity contribution in [2.45, 2.75) is 26.3 Å². The highest BCUT2D eigenvalue weighted by Crippen LogP contribution is 2.28. The van der Waals surface area contributed by atoms with Crippen molar-refractivity contribution in [3.8, 4) is 5.88 Å². The van der Waals surface area contributed by atoms with E-state index >= 15 is 0 Å². The van der Waals surface area contributed by atoms with Crippen molar-refractivity contribution < 1.29 is 19.1 Å². The molecular formula is C17H20ClN3O4. The molecule has 0 aromatic carbocycles. The van der Waals surface area contributed by atoms with Gasteiger partial charge in [0.05, 0.1) is 12.7 Å². The zero-order chi connectivity index (χ0) is 18.8. The van der Waals surface area contributed by atoms with E-state index in [1.165, 1.54) is 19.2 Å². The molecule has 1 aromatic heterocycles. The van der Waals surface area contributed by atoms with Crippen LogP contribution in [0.5, 0.6) is 5.88 Å². The number of hydrogen-bond acceptors (Lipinski definition) is 6. The molecule has 134 valence electrons. The van der Waals surface area contributed by atoms with E-state index in [1.807, 2.05) is 13.8 Å². The zero-order valence-electron chi connectivity index (χ0n) is 14.6. The molecular weight excluding hydrogens is 346 g/mol. The molecule has 0 spiro atoms. The van der Waals surface area contributed by atoms with Crippen molar-refractivity contribution in [2.24, 2.45) is 10.9 Å². The van der Waals surface area contributed by atoms with Crippen LogP contribution < -0.4 is 10.1 Å². The predicted octanol–water partition coefficient (Wildman–Crippen LogP) is 2.29. The van der Waals surface area contributed by atoms with Crippen molar-refractivity contribution >= 4 is 29.3 Å². The van der Waals surface area contributed by atoms with E-state index in [-0.39, 0.29) is 41.4 Å². The van der Waals surface area contributed by atoms with Crippen LogP contribution in [0.3, 0.4) is 0 Å². The average molecular weight is 366 g/mol. The molecule has 1 aliphatic rings. The summed E-state index contributed by atoms with van der Waals surface area (Å²) in [4.78, 5) is 33.1. The molecule has 1 N–H and O–H groups in total. The summed E-state index contributed by atoms with van der Waals surface area (Å²) in [7, 11) is 1.27. The fraction of sp³-hybridized carbons (Fsp3) is 0.412. The van der Waals surface area contributed by atoms with Gasteiger partial charge >= 0.3 is 5.97 Å². The Balaban J connectivity index is 2.50. The van der Waals surface area contributed by atoms with Gasteiger partial charge in [-0.1, -0.05) is 32.0 Å². The molecule has 0 saturated heterocycles. The number of amides is 1. The Hall–Kier alpha value is -2.41. The lowest BCUT2D eigenvalue weighted by molar-refractivity contribution is -0.124. The number of ether oxygens (including phenoxy) is 2. The maximum absolute atomic E-state index is 12.3. The number of nitrogens with zero attached hydrogens (tertiary/aromatic N) is 2. The van der Waals surface area contributed by atoms with Crippen molar-refractivity contribution in [3.63, 3.8) is 0 Å². The highest BCUT2D eigenvalue weighted by Gasteiger charge is 2.43. The lowest BCUT2D eigenvalue weighted by Gasteiger charge is -2.21. The number of carbonyl (C=O) groups excluding carboxylic acids is 2. The van der Waals surface area contributed by atoms with Crippen molar-refractivity contribution in [1.82, 2.24) is 10.3 Å². The number of amidine groups is 1. The molecule has 1 atom stereocenters. The number of aromatic nitrogens is 1. The summed E-state index contributed by atoms with van der Waals surface area (Å²) in [6.45, 7) is 9.12. The molecule has 0 fully saturated rings. The molecule has 1 unspecified atom stereocenters. The smallest absolute Gasteiger partial charge is 0.340 e. The van der Waals surface area contributed by atoms with Gasteiger partial charge in [0.25, 0.3) is 5.91 Å². The second kappa shape index (κ2) is 7.23. The fourth-order valence-corrected chi connectivity index (χ4v) is 2.23. The van der Waals surface area contributed by atoms with Crippen molar-refractivity contribution in [3.05, 3.63) is 35.0 Å². The number of pyridine rings is 1. The van der Waals surface area contributed by atoms with Crippen molar-refractivity contribution in [2.75, 3.05) is 13.7 Å². The van der Waals surface area contributed by atoms with E-state index < -0.39 is 11.5 Å². The summed E-state index contributed by atoms with van der Waals surface area (Å²) in [6.07, 6.45) is 0. The van der Waals surface area contributed by atoms with Gasteiger partial charge in [0.1, 0.15) is 17.8 Å². The lowest BCUT2D eigenvalue weighted by Crippen LogP contribution is -2.41. The van der Waals surface area contributed by atoms with Crippen LogP contribution in [0, 0.1) is 5.92 Å². The number of halogens is 1. The highest BCUT2D eigenvalue weighted by molar-refractivity contribution is 6.29. The first-order valence-electron chi connectivity index (χ1n) is 7.66. The van der Waals surface area contributed by atoms with Gasteiger partial charge in [-0.2, -0.15) is 0 Å². The first-order valence-corrected chi connectivity index (χ1v) is 8.04. The minimum atomic E-state index is -0.939. The molecule has 25 heavy (non-hydrogen) atoms. The number of nitrogens with one attached hydrogen (secondary N) is 1. The number of methoxy groups -OCH3 is 1. The summed E-state index contributed by atoms with van der Waals surface area (Å²) >= 11 is 5.69. The van der Waals surface area contributed by atoms with E-state index in [4.69, 9.17) is 21.1 Å². The molecule has 8 heteroatoms. The molecule has 7 nitrogen and oxygen atoms in total. The second-order valence-electron chi connectivity index (χ2n) is 6.06. The molecule has 0 bridgehead atoms. The SMILES string of the molecule is C=C(Cl)COc1ccc(C(=O)OC)c(C2=NC(C)(C(C)C)C(=O)N2)n1. The summed E-state index contributed by atoms with van der Waals surface area (Å²) in [6, 6.07) is 3.01. The van der Waals surface area contributed by atoms with E-state index in [2.05, 4.69) is 21.9 Å². The Morgan fingerprint density at radius 1 is 1.44 bits per heavy atom. The normalized spacial score (nSPS) is 19.4. The number of carbonyl (C=O) groups is 2. The van der Waals surface area contributed by atoms with Gasteiger partial charge in [-0.25, -0.2) is 14.8 Å². The summed E-state index contributed by atoms with van der Waals surface area (Å²) in [5.74, 6) is -0.455. The first-order chi connectivity index (χ1) is 11.7.